The van der Waals surface area contributed by atoms with E-state index in [1.807, 2.05) is 6.92 Å². The first-order chi connectivity index (χ1) is 8.58. The molecule has 0 saturated heterocycles. The summed E-state index contributed by atoms with van der Waals surface area (Å²) in [6, 6.07) is -0.00873. The van der Waals surface area contributed by atoms with Gasteiger partial charge in [-0.2, -0.15) is 5.10 Å². The highest BCUT2D eigenvalue weighted by atomic mass is 79.9. The summed E-state index contributed by atoms with van der Waals surface area (Å²) >= 11 is 3.29. The minimum atomic E-state index is -0.333. The maximum atomic E-state index is 12.1. The second-order valence-electron chi connectivity index (χ2n) is 4.86. The quantitative estimate of drug-likeness (QED) is 0.898. The molecule has 6 heteroatoms. The summed E-state index contributed by atoms with van der Waals surface area (Å²) in [5.74, 6) is 0.421. The van der Waals surface area contributed by atoms with E-state index in [1.54, 1.807) is 10.9 Å². The molecule has 2 rings (SSSR count). The lowest BCUT2D eigenvalue weighted by Gasteiger charge is -2.24. The molecule has 1 aliphatic carbocycles. The topological polar surface area (TPSA) is 72.9 Å². The molecule has 1 fully saturated rings. The Balaban J connectivity index is 1.95. The van der Waals surface area contributed by atoms with Gasteiger partial charge in [-0.25, -0.2) is 0 Å². The summed E-state index contributed by atoms with van der Waals surface area (Å²) in [7, 11) is 0. The molecular formula is C12H19BrN4O. The van der Waals surface area contributed by atoms with E-state index in [-0.39, 0.29) is 11.9 Å². The molecule has 1 aliphatic rings. The molecule has 1 atom stereocenters. The second-order valence-corrected chi connectivity index (χ2v) is 5.72. The first kappa shape index (κ1) is 13.4. The summed E-state index contributed by atoms with van der Waals surface area (Å²) < 4.78 is 2.32. The monoisotopic (exact) mass is 314 g/mol. The van der Waals surface area contributed by atoms with Gasteiger partial charge in [-0.15, -0.1) is 0 Å². The third-order valence-corrected chi connectivity index (χ3v) is 4.05. The van der Waals surface area contributed by atoms with Crippen molar-refractivity contribution < 1.29 is 4.79 Å². The number of rotatable bonds is 3. The van der Waals surface area contributed by atoms with E-state index >= 15 is 0 Å². The van der Waals surface area contributed by atoms with Gasteiger partial charge in [0.1, 0.15) is 6.04 Å². The minimum Gasteiger partial charge on any atom is -0.381 e. The van der Waals surface area contributed by atoms with E-state index < -0.39 is 0 Å². The molecule has 1 saturated carbocycles. The number of hydrogen-bond acceptors (Lipinski definition) is 3. The van der Waals surface area contributed by atoms with Crippen molar-refractivity contribution in [2.45, 2.75) is 51.1 Å². The highest BCUT2D eigenvalue weighted by Gasteiger charge is 2.21. The molecule has 1 aromatic heterocycles. The van der Waals surface area contributed by atoms with Gasteiger partial charge in [0.25, 0.3) is 0 Å². The number of aromatic nitrogens is 2. The van der Waals surface area contributed by atoms with Crippen molar-refractivity contribution in [3.05, 3.63) is 10.7 Å². The Morgan fingerprint density at radius 1 is 1.56 bits per heavy atom. The number of amides is 1. The maximum Gasteiger partial charge on any atom is 0.244 e. The number of halogens is 1. The fourth-order valence-corrected chi connectivity index (χ4v) is 2.56. The zero-order valence-electron chi connectivity index (χ0n) is 10.5. The number of carbonyl (C=O) groups is 1. The molecule has 3 N–H and O–H groups in total. The van der Waals surface area contributed by atoms with Crippen molar-refractivity contribution in [3.63, 3.8) is 0 Å². The summed E-state index contributed by atoms with van der Waals surface area (Å²) in [6.07, 6.45) is 7.61. The molecule has 0 aliphatic heterocycles. The average molecular weight is 315 g/mol. The number of anilines is 1. The van der Waals surface area contributed by atoms with Crippen molar-refractivity contribution in [1.82, 2.24) is 15.1 Å². The van der Waals surface area contributed by atoms with E-state index in [0.717, 1.165) is 17.3 Å². The van der Waals surface area contributed by atoms with E-state index in [2.05, 4.69) is 26.3 Å². The van der Waals surface area contributed by atoms with Crippen LogP contribution in [0.2, 0.25) is 0 Å². The van der Waals surface area contributed by atoms with Gasteiger partial charge >= 0.3 is 0 Å². The normalized spacial score (nSPS) is 18.6. The van der Waals surface area contributed by atoms with E-state index in [1.165, 1.54) is 19.3 Å². The van der Waals surface area contributed by atoms with Gasteiger partial charge in [0.2, 0.25) is 5.91 Å². The van der Waals surface area contributed by atoms with Crippen LogP contribution in [0, 0.1) is 0 Å². The molecule has 100 valence electrons. The van der Waals surface area contributed by atoms with Crippen LogP contribution in [0.5, 0.6) is 0 Å². The van der Waals surface area contributed by atoms with Crippen LogP contribution in [0.25, 0.3) is 0 Å². The Hall–Kier alpha value is -1.04. The van der Waals surface area contributed by atoms with Crippen molar-refractivity contribution in [2.24, 2.45) is 0 Å². The molecule has 0 aromatic carbocycles. The fourth-order valence-electron chi connectivity index (χ4n) is 2.27. The predicted octanol–water partition coefficient (Wildman–Crippen LogP) is 2.24. The van der Waals surface area contributed by atoms with E-state index in [9.17, 15) is 4.79 Å². The van der Waals surface area contributed by atoms with Crippen LogP contribution in [0.15, 0.2) is 10.7 Å². The van der Waals surface area contributed by atoms with Crippen LogP contribution in [-0.4, -0.2) is 21.7 Å². The van der Waals surface area contributed by atoms with Gasteiger partial charge in [-0.05, 0) is 35.7 Å². The molecule has 5 nitrogen and oxygen atoms in total. The Labute approximate surface area is 115 Å². The molecule has 0 bridgehead atoms. The van der Waals surface area contributed by atoms with Gasteiger partial charge in [0.15, 0.2) is 5.82 Å². The average Bonchev–Trinajstić information content (AvgIpc) is 2.70. The number of nitrogen functional groups attached to an aromatic ring is 1. The zero-order chi connectivity index (χ0) is 13.1. The Morgan fingerprint density at radius 2 is 2.22 bits per heavy atom. The summed E-state index contributed by atoms with van der Waals surface area (Å²) in [5.41, 5.74) is 5.65. The summed E-state index contributed by atoms with van der Waals surface area (Å²) in [6.45, 7) is 1.83. The highest BCUT2D eigenvalue weighted by Crippen LogP contribution is 2.21. The lowest BCUT2D eigenvalue weighted by molar-refractivity contribution is -0.125. The van der Waals surface area contributed by atoms with Crippen molar-refractivity contribution in [2.75, 3.05) is 5.73 Å². The molecular weight excluding hydrogens is 296 g/mol. The number of nitrogens with one attached hydrogen (secondary N) is 1. The number of nitrogens with two attached hydrogens (primary N) is 1. The van der Waals surface area contributed by atoms with Crippen LogP contribution in [-0.2, 0) is 4.79 Å². The zero-order valence-corrected chi connectivity index (χ0v) is 12.1. The smallest absolute Gasteiger partial charge is 0.244 e. The third-order valence-electron chi connectivity index (χ3n) is 3.44. The largest absolute Gasteiger partial charge is 0.381 e. The first-order valence-electron chi connectivity index (χ1n) is 6.38. The lowest BCUT2D eigenvalue weighted by atomic mass is 9.95. The molecule has 1 amide bonds. The SMILES string of the molecule is CC(C(=O)NC1CCCCC1)n1cc(Br)c(N)n1. The van der Waals surface area contributed by atoms with Gasteiger partial charge in [-0.1, -0.05) is 19.3 Å². The van der Waals surface area contributed by atoms with Gasteiger partial charge in [-0.3, -0.25) is 9.48 Å². The molecule has 0 spiro atoms. The second kappa shape index (κ2) is 5.73. The Kier molecular flexibility index (Phi) is 4.27. The molecule has 1 unspecified atom stereocenters. The molecule has 1 heterocycles. The van der Waals surface area contributed by atoms with Crippen LogP contribution >= 0.6 is 15.9 Å². The molecule has 18 heavy (non-hydrogen) atoms. The van der Waals surface area contributed by atoms with E-state index in [4.69, 9.17) is 5.73 Å². The molecule has 1 aromatic rings. The van der Waals surface area contributed by atoms with Gasteiger partial charge in [0.05, 0.1) is 4.47 Å². The van der Waals surface area contributed by atoms with Crippen LogP contribution in [0.3, 0.4) is 0 Å². The summed E-state index contributed by atoms with van der Waals surface area (Å²) in [4.78, 5) is 12.1. The predicted molar refractivity (Wildman–Crippen MR) is 74.1 cm³/mol. The number of hydrogen-bond donors (Lipinski definition) is 2. The molecule has 0 radical (unpaired) electrons. The number of nitrogens with zero attached hydrogens (tertiary/aromatic N) is 2. The van der Waals surface area contributed by atoms with Crippen LogP contribution in [0.4, 0.5) is 5.82 Å². The third kappa shape index (κ3) is 3.04. The van der Waals surface area contributed by atoms with Crippen molar-refractivity contribution >= 4 is 27.7 Å². The van der Waals surface area contributed by atoms with Crippen molar-refractivity contribution in [3.8, 4) is 0 Å². The fraction of sp³-hybridized carbons (Fsp3) is 0.667. The summed E-state index contributed by atoms with van der Waals surface area (Å²) in [5, 5.41) is 7.20. The lowest BCUT2D eigenvalue weighted by Crippen LogP contribution is -2.40. The first-order valence-corrected chi connectivity index (χ1v) is 7.17. The maximum absolute atomic E-state index is 12.1. The van der Waals surface area contributed by atoms with E-state index in [0.29, 0.717) is 11.9 Å². The Morgan fingerprint density at radius 3 is 2.78 bits per heavy atom. The minimum absolute atomic E-state index is 0.0110. The highest BCUT2D eigenvalue weighted by molar-refractivity contribution is 9.10. The van der Waals surface area contributed by atoms with Gasteiger partial charge in [0, 0.05) is 12.2 Å². The van der Waals surface area contributed by atoms with Crippen LogP contribution in [0.1, 0.15) is 45.1 Å². The Bertz CT molecular complexity index is 406. The number of carbonyl (C=O) groups excluding carboxylic acids is 1. The van der Waals surface area contributed by atoms with Crippen LogP contribution < -0.4 is 11.1 Å². The van der Waals surface area contributed by atoms with Crippen molar-refractivity contribution in [1.29, 1.82) is 0 Å². The van der Waals surface area contributed by atoms with Gasteiger partial charge < -0.3 is 11.1 Å². The standard InChI is InChI=1S/C12H19BrN4O/c1-8(17-7-10(13)11(14)16-17)12(18)15-9-5-3-2-4-6-9/h7-9H,2-6H2,1H3,(H2,14,16)(H,15,18).